The number of carbonyl (C=O) groups excluding carboxylic acids is 1. The summed E-state index contributed by atoms with van der Waals surface area (Å²) in [7, 11) is 1.84. The molecule has 1 aromatic heterocycles. The molecular weight excluding hydrogens is 228 g/mol. The fourth-order valence-corrected chi connectivity index (χ4v) is 1.67. The molecule has 0 aliphatic carbocycles. The van der Waals surface area contributed by atoms with Crippen LogP contribution in [0.1, 0.15) is 21.6 Å². The predicted octanol–water partition coefficient (Wildman–Crippen LogP) is 2.33. The fourth-order valence-electron chi connectivity index (χ4n) is 1.67. The van der Waals surface area contributed by atoms with Gasteiger partial charge >= 0.3 is 0 Å². The number of benzene rings is 1. The van der Waals surface area contributed by atoms with E-state index in [9.17, 15) is 4.79 Å². The Balaban J connectivity index is 2.16. The Hall–Kier alpha value is -2.36. The van der Waals surface area contributed by atoms with Gasteiger partial charge in [-0.3, -0.25) is 9.48 Å². The molecule has 0 radical (unpaired) electrons. The molecule has 0 atom stereocenters. The monoisotopic (exact) mass is 242 g/mol. The summed E-state index contributed by atoms with van der Waals surface area (Å²) in [6, 6.07) is 6.18. The molecule has 1 aromatic carbocycles. The van der Waals surface area contributed by atoms with E-state index >= 15 is 0 Å². The Labute approximate surface area is 105 Å². The number of ketones is 1. The number of aryl methyl sites for hydroxylation is 2. The zero-order valence-electron chi connectivity index (χ0n) is 10.3. The van der Waals surface area contributed by atoms with Gasteiger partial charge in [0.2, 0.25) is 0 Å². The summed E-state index contributed by atoms with van der Waals surface area (Å²) in [4.78, 5) is 11.9. The molecule has 1 heterocycles. The Morgan fingerprint density at radius 3 is 2.56 bits per heavy atom. The summed E-state index contributed by atoms with van der Waals surface area (Å²) < 4.78 is 1.71. The zero-order chi connectivity index (χ0) is 13.1. The first-order valence-corrected chi connectivity index (χ1v) is 5.58. The molecular formula is C14H14N2O2. The zero-order valence-corrected chi connectivity index (χ0v) is 10.3. The highest BCUT2D eigenvalue weighted by atomic mass is 16.3. The molecule has 0 unspecified atom stereocenters. The van der Waals surface area contributed by atoms with E-state index in [4.69, 9.17) is 5.11 Å². The van der Waals surface area contributed by atoms with Crippen molar-refractivity contribution in [2.75, 3.05) is 0 Å². The predicted molar refractivity (Wildman–Crippen MR) is 69.4 cm³/mol. The molecule has 18 heavy (non-hydrogen) atoms. The van der Waals surface area contributed by atoms with Gasteiger partial charge in [0.05, 0.1) is 5.69 Å². The van der Waals surface area contributed by atoms with Crippen LogP contribution in [0.5, 0.6) is 5.75 Å². The van der Waals surface area contributed by atoms with Crippen LogP contribution in [0.2, 0.25) is 0 Å². The van der Waals surface area contributed by atoms with Crippen LogP contribution < -0.4 is 0 Å². The number of hydrogen-bond acceptors (Lipinski definition) is 3. The number of carbonyl (C=O) groups is 1. The topological polar surface area (TPSA) is 55.1 Å². The van der Waals surface area contributed by atoms with E-state index in [-0.39, 0.29) is 11.5 Å². The maximum atomic E-state index is 11.9. The van der Waals surface area contributed by atoms with Crippen molar-refractivity contribution < 1.29 is 9.90 Å². The van der Waals surface area contributed by atoms with E-state index in [0.717, 1.165) is 11.3 Å². The molecule has 0 saturated carbocycles. The summed E-state index contributed by atoms with van der Waals surface area (Å²) in [5.74, 6) is 0.0527. The second kappa shape index (κ2) is 4.87. The third-order valence-electron chi connectivity index (χ3n) is 2.62. The van der Waals surface area contributed by atoms with Crippen LogP contribution in [0.3, 0.4) is 0 Å². The van der Waals surface area contributed by atoms with E-state index in [1.54, 1.807) is 22.9 Å². The summed E-state index contributed by atoms with van der Waals surface area (Å²) in [6.45, 7) is 1.89. The second-order valence-electron chi connectivity index (χ2n) is 4.09. The average Bonchev–Trinajstić information content (AvgIpc) is 2.66. The van der Waals surface area contributed by atoms with Gasteiger partial charge in [0.15, 0.2) is 5.78 Å². The van der Waals surface area contributed by atoms with Crippen molar-refractivity contribution in [1.29, 1.82) is 0 Å². The van der Waals surface area contributed by atoms with Crippen molar-refractivity contribution in [2.45, 2.75) is 6.92 Å². The van der Waals surface area contributed by atoms with E-state index in [2.05, 4.69) is 5.10 Å². The molecule has 0 fully saturated rings. The van der Waals surface area contributed by atoms with Crippen LogP contribution in [0.15, 0.2) is 36.5 Å². The molecule has 2 rings (SSSR count). The number of allylic oxidation sites excluding steroid dienone is 1. The van der Waals surface area contributed by atoms with Crippen molar-refractivity contribution in [2.24, 2.45) is 7.05 Å². The van der Waals surface area contributed by atoms with Crippen LogP contribution in [0.4, 0.5) is 0 Å². The van der Waals surface area contributed by atoms with E-state index in [1.165, 1.54) is 18.2 Å². The summed E-state index contributed by atoms with van der Waals surface area (Å²) in [5.41, 5.74) is 2.35. The molecule has 0 aliphatic rings. The molecule has 0 saturated heterocycles. The van der Waals surface area contributed by atoms with Crippen LogP contribution in [-0.4, -0.2) is 20.7 Å². The van der Waals surface area contributed by atoms with Gasteiger partial charge in [-0.15, -0.1) is 0 Å². The van der Waals surface area contributed by atoms with Crippen LogP contribution >= 0.6 is 0 Å². The molecule has 92 valence electrons. The Morgan fingerprint density at radius 1 is 1.33 bits per heavy atom. The first-order chi connectivity index (χ1) is 8.56. The van der Waals surface area contributed by atoms with Gasteiger partial charge in [-0.05, 0) is 43.3 Å². The Kier molecular flexibility index (Phi) is 3.28. The lowest BCUT2D eigenvalue weighted by molar-refractivity contribution is 0.104. The number of aromatic hydroxyl groups is 1. The normalized spacial score (nSPS) is 11.0. The second-order valence-corrected chi connectivity index (χ2v) is 4.09. The van der Waals surface area contributed by atoms with Crippen LogP contribution in [0, 0.1) is 6.92 Å². The van der Waals surface area contributed by atoms with Crippen molar-refractivity contribution >= 4 is 11.9 Å². The minimum Gasteiger partial charge on any atom is -0.508 e. The number of aromatic nitrogens is 2. The van der Waals surface area contributed by atoms with Gasteiger partial charge in [-0.1, -0.05) is 0 Å². The van der Waals surface area contributed by atoms with E-state index in [1.807, 2.05) is 20.2 Å². The standard InChI is InChI=1S/C14H14N2O2/c1-10-12(9-16(2)15-10)5-8-14(18)11-3-6-13(17)7-4-11/h3-9,17H,1-2H3/b8-5+. The molecule has 0 bridgehead atoms. The molecule has 4 nitrogen and oxygen atoms in total. The number of phenolic OH excluding ortho intramolecular Hbond substituents is 1. The highest BCUT2D eigenvalue weighted by Crippen LogP contribution is 2.12. The lowest BCUT2D eigenvalue weighted by atomic mass is 10.1. The van der Waals surface area contributed by atoms with Gasteiger partial charge in [0.1, 0.15) is 5.75 Å². The van der Waals surface area contributed by atoms with Gasteiger partial charge < -0.3 is 5.11 Å². The summed E-state index contributed by atoms with van der Waals surface area (Å²) in [6.07, 6.45) is 5.11. The molecule has 1 N–H and O–H groups in total. The number of phenols is 1. The van der Waals surface area contributed by atoms with Crippen LogP contribution in [0.25, 0.3) is 6.08 Å². The lowest BCUT2D eigenvalue weighted by Gasteiger charge is -1.95. The van der Waals surface area contributed by atoms with Crippen molar-refractivity contribution in [3.05, 3.63) is 53.4 Å². The molecule has 0 amide bonds. The van der Waals surface area contributed by atoms with Gasteiger partial charge in [0.25, 0.3) is 0 Å². The first-order valence-electron chi connectivity index (χ1n) is 5.58. The molecule has 2 aromatic rings. The number of rotatable bonds is 3. The van der Waals surface area contributed by atoms with Crippen molar-refractivity contribution in [1.82, 2.24) is 9.78 Å². The third kappa shape index (κ3) is 2.66. The first kappa shape index (κ1) is 12.1. The molecule has 4 heteroatoms. The van der Waals surface area contributed by atoms with E-state index in [0.29, 0.717) is 5.56 Å². The van der Waals surface area contributed by atoms with Gasteiger partial charge in [-0.2, -0.15) is 5.10 Å². The minimum absolute atomic E-state index is 0.0988. The maximum absolute atomic E-state index is 11.9. The van der Waals surface area contributed by atoms with Crippen LogP contribution in [-0.2, 0) is 7.05 Å². The minimum atomic E-state index is -0.0988. The highest BCUT2D eigenvalue weighted by molar-refractivity contribution is 6.06. The Morgan fingerprint density at radius 2 is 2.00 bits per heavy atom. The molecule has 0 aliphatic heterocycles. The summed E-state index contributed by atoms with van der Waals surface area (Å²) >= 11 is 0. The number of hydrogen-bond donors (Lipinski definition) is 1. The SMILES string of the molecule is Cc1nn(C)cc1/C=C/C(=O)c1ccc(O)cc1. The quantitative estimate of drug-likeness (QED) is 0.664. The third-order valence-corrected chi connectivity index (χ3v) is 2.62. The largest absolute Gasteiger partial charge is 0.508 e. The van der Waals surface area contributed by atoms with Gasteiger partial charge in [-0.25, -0.2) is 0 Å². The maximum Gasteiger partial charge on any atom is 0.185 e. The Bertz CT molecular complexity index is 595. The molecule has 0 spiro atoms. The average molecular weight is 242 g/mol. The lowest BCUT2D eigenvalue weighted by Crippen LogP contribution is -1.92. The summed E-state index contributed by atoms with van der Waals surface area (Å²) in [5, 5.41) is 13.3. The van der Waals surface area contributed by atoms with Crippen molar-refractivity contribution in [3.63, 3.8) is 0 Å². The smallest absolute Gasteiger partial charge is 0.185 e. The highest BCUT2D eigenvalue weighted by Gasteiger charge is 2.03. The number of nitrogens with zero attached hydrogens (tertiary/aromatic N) is 2. The van der Waals surface area contributed by atoms with Crippen molar-refractivity contribution in [3.8, 4) is 5.75 Å². The van der Waals surface area contributed by atoms with E-state index < -0.39 is 0 Å². The fraction of sp³-hybridized carbons (Fsp3) is 0.143. The van der Waals surface area contributed by atoms with Gasteiger partial charge in [0, 0.05) is 24.4 Å².